The van der Waals surface area contributed by atoms with E-state index in [1.807, 2.05) is 30.9 Å². The van der Waals surface area contributed by atoms with Gasteiger partial charge in [0, 0.05) is 23.8 Å². The summed E-state index contributed by atoms with van der Waals surface area (Å²) in [5.74, 6) is 0.0570. The summed E-state index contributed by atoms with van der Waals surface area (Å²) >= 11 is 5.98. The van der Waals surface area contributed by atoms with Crippen molar-refractivity contribution >= 4 is 29.1 Å². The number of likely N-dealkylation sites (tertiary alicyclic amines) is 1. The molecule has 0 bridgehead atoms. The maximum atomic E-state index is 13.1. The van der Waals surface area contributed by atoms with E-state index in [9.17, 15) is 9.59 Å². The number of carbonyl (C=O) groups is 2. The van der Waals surface area contributed by atoms with Crippen molar-refractivity contribution in [3.05, 3.63) is 64.7 Å². The topological polar surface area (TPSA) is 75.4 Å². The summed E-state index contributed by atoms with van der Waals surface area (Å²) in [6.07, 6.45) is 1.80. The van der Waals surface area contributed by atoms with Crippen LogP contribution in [0, 0.1) is 5.92 Å². The normalized spacial score (nSPS) is 15.9. The zero-order valence-electron chi connectivity index (χ0n) is 16.9. The van der Waals surface area contributed by atoms with Crippen LogP contribution >= 0.6 is 11.6 Å². The smallest absolute Gasteiger partial charge is 0.254 e. The van der Waals surface area contributed by atoms with E-state index in [1.54, 1.807) is 24.3 Å². The predicted octanol–water partition coefficient (Wildman–Crippen LogP) is 4.08. The number of nitrogen functional groups attached to an aromatic ring is 1. The minimum absolute atomic E-state index is 0.0228. The summed E-state index contributed by atoms with van der Waals surface area (Å²) in [6.45, 7) is 5.24. The first kappa shape index (κ1) is 21.2. The van der Waals surface area contributed by atoms with Crippen LogP contribution in [-0.4, -0.2) is 35.8 Å². The van der Waals surface area contributed by atoms with Crippen LogP contribution < -0.4 is 11.1 Å². The Morgan fingerprint density at radius 3 is 2.28 bits per heavy atom. The molecule has 6 heteroatoms. The molecule has 0 aliphatic carbocycles. The average molecular weight is 414 g/mol. The zero-order chi connectivity index (χ0) is 21.0. The van der Waals surface area contributed by atoms with Gasteiger partial charge in [-0.1, -0.05) is 49.7 Å². The third-order valence-corrected chi connectivity index (χ3v) is 5.82. The summed E-state index contributed by atoms with van der Waals surface area (Å²) in [5.41, 5.74) is 7.97. The van der Waals surface area contributed by atoms with E-state index in [-0.39, 0.29) is 17.7 Å². The number of carbonyl (C=O) groups excluding carboxylic acids is 2. The highest BCUT2D eigenvalue weighted by molar-refractivity contribution is 6.30. The summed E-state index contributed by atoms with van der Waals surface area (Å²) in [5, 5.41) is 3.63. The minimum atomic E-state index is -0.575. The minimum Gasteiger partial charge on any atom is -0.398 e. The second-order valence-electron chi connectivity index (χ2n) is 7.93. The molecule has 29 heavy (non-hydrogen) atoms. The molecule has 1 saturated heterocycles. The van der Waals surface area contributed by atoms with Crippen LogP contribution in [0.25, 0.3) is 0 Å². The number of benzene rings is 2. The molecule has 0 spiro atoms. The first-order valence-corrected chi connectivity index (χ1v) is 10.4. The van der Waals surface area contributed by atoms with Crippen LogP contribution in [-0.2, 0) is 4.79 Å². The molecule has 1 aliphatic rings. The molecule has 2 amide bonds. The standard InChI is InChI=1S/C23H28ClN3O2/c1-15(2)21(26-22(28)19-5-3-4-6-20(19)25)23(29)27-13-11-17(12-14-27)16-7-9-18(24)10-8-16/h3-10,15,17,21H,11-14,25H2,1-2H3,(H,26,28)/t21-/m1/s1. The quantitative estimate of drug-likeness (QED) is 0.725. The lowest BCUT2D eigenvalue weighted by molar-refractivity contribution is -0.135. The first-order chi connectivity index (χ1) is 13.9. The Labute approximate surface area is 177 Å². The molecular weight excluding hydrogens is 386 g/mol. The number of hydrogen-bond donors (Lipinski definition) is 2. The number of nitrogens with two attached hydrogens (primary N) is 1. The van der Waals surface area contributed by atoms with E-state index in [1.165, 1.54) is 5.56 Å². The highest BCUT2D eigenvalue weighted by atomic mass is 35.5. The molecule has 1 heterocycles. The van der Waals surface area contributed by atoms with Gasteiger partial charge in [-0.2, -0.15) is 0 Å². The second kappa shape index (κ2) is 9.31. The number of nitrogens with one attached hydrogen (secondary N) is 1. The molecule has 0 unspecified atom stereocenters. The Morgan fingerprint density at radius 1 is 1.07 bits per heavy atom. The van der Waals surface area contributed by atoms with Gasteiger partial charge < -0.3 is 16.0 Å². The largest absolute Gasteiger partial charge is 0.398 e. The van der Waals surface area contributed by atoms with Gasteiger partial charge in [-0.25, -0.2) is 0 Å². The number of halogens is 1. The fraction of sp³-hybridized carbons (Fsp3) is 0.391. The van der Waals surface area contributed by atoms with Gasteiger partial charge in [-0.05, 0) is 54.5 Å². The van der Waals surface area contributed by atoms with E-state index in [2.05, 4.69) is 17.4 Å². The van der Waals surface area contributed by atoms with E-state index in [0.29, 0.717) is 30.3 Å². The zero-order valence-corrected chi connectivity index (χ0v) is 17.7. The summed E-state index contributed by atoms with van der Waals surface area (Å²) in [4.78, 5) is 27.7. The van der Waals surface area contributed by atoms with Crippen LogP contribution in [0.1, 0.15) is 48.5 Å². The Bertz CT molecular complexity index is 859. The van der Waals surface area contributed by atoms with E-state index >= 15 is 0 Å². The number of nitrogens with zero attached hydrogens (tertiary/aromatic N) is 1. The number of rotatable bonds is 5. The van der Waals surface area contributed by atoms with Crippen molar-refractivity contribution in [3.63, 3.8) is 0 Å². The van der Waals surface area contributed by atoms with Crippen molar-refractivity contribution < 1.29 is 9.59 Å². The number of para-hydroxylation sites is 1. The average Bonchev–Trinajstić information content (AvgIpc) is 2.72. The third-order valence-electron chi connectivity index (χ3n) is 5.57. The molecule has 0 aromatic heterocycles. The molecule has 1 atom stereocenters. The summed E-state index contributed by atoms with van der Waals surface area (Å²) in [7, 11) is 0. The fourth-order valence-corrected chi connectivity index (χ4v) is 3.93. The summed E-state index contributed by atoms with van der Waals surface area (Å²) in [6, 6.07) is 14.3. The highest BCUT2D eigenvalue weighted by Crippen LogP contribution is 2.29. The molecule has 3 rings (SSSR count). The Balaban J connectivity index is 1.63. The van der Waals surface area contributed by atoms with Crippen molar-refractivity contribution in [2.75, 3.05) is 18.8 Å². The molecule has 5 nitrogen and oxygen atoms in total. The molecule has 0 radical (unpaired) electrons. The molecule has 1 fully saturated rings. The number of piperidine rings is 1. The lowest BCUT2D eigenvalue weighted by Crippen LogP contribution is -2.52. The molecule has 1 aliphatic heterocycles. The van der Waals surface area contributed by atoms with E-state index in [0.717, 1.165) is 17.9 Å². The highest BCUT2D eigenvalue weighted by Gasteiger charge is 2.32. The van der Waals surface area contributed by atoms with Crippen molar-refractivity contribution in [2.45, 2.75) is 38.6 Å². The molecule has 2 aromatic carbocycles. The number of anilines is 1. The maximum Gasteiger partial charge on any atom is 0.254 e. The fourth-order valence-electron chi connectivity index (χ4n) is 3.80. The van der Waals surface area contributed by atoms with Crippen molar-refractivity contribution in [3.8, 4) is 0 Å². The van der Waals surface area contributed by atoms with Gasteiger partial charge >= 0.3 is 0 Å². The van der Waals surface area contributed by atoms with Gasteiger partial charge in [0.05, 0.1) is 5.56 Å². The van der Waals surface area contributed by atoms with Crippen LogP contribution in [0.3, 0.4) is 0 Å². The Morgan fingerprint density at radius 2 is 1.69 bits per heavy atom. The second-order valence-corrected chi connectivity index (χ2v) is 8.37. The molecule has 2 aromatic rings. The summed E-state index contributed by atoms with van der Waals surface area (Å²) < 4.78 is 0. The molecule has 0 saturated carbocycles. The van der Waals surface area contributed by atoms with Gasteiger partial charge in [0.15, 0.2) is 0 Å². The molecular formula is C23H28ClN3O2. The van der Waals surface area contributed by atoms with Crippen LogP contribution in [0.15, 0.2) is 48.5 Å². The number of hydrogen-bond acceptors (Lipinski definition) is 3. The predicted molar refractivity (Wildman–Crippen MR) is 117 cm³/mol. The van der Waals surface area contributed by atoms with Gasteiger partial charge in [-0.15, -0.1) is 0 Å². The Kier molecular flexibility index (Phi) is 6.80. The van der Waals surface area contributed by atoms with Crippen LogP contribution in [0.4, 0.5) is 5.69 Å². The van der Waals surface area contributed by atoms with Gasteiger partial charge in [0.25, 0.3) is 5.91 Å². The van der Waals surface area contributed by atoms with Gasteiger partial charge in [0.2, 0.25) is 5.91 Å². The van der Waals surface area contributed by atoms with Gasteiger partial charge in [0.1, 0.15) is 6.04 Å². The van der Waals surface area contributed by atoms with Crippen molar-refractivity contribution in [2.24, 2.45) is 5.92 Å². The van der Waals surface area contributed by atoms with E-state index < -0.39 is 6.04 Å². The maximum absolute atomic E-state index is 13.1. The SMILES string of the molecule is CC(C)[C@@H](NC(=O)c1ccccc1N)C(=O)N1CCC(c2ccc(Cl)cc2)CC1. The number of amides is 2. The van der Waals surface area contributed by atoms with Crippen LogP contribution in [0.5, 0.6) is 0 Å². The first-order valence-electron chi connectivity index (χ1n) is 10.1. The lowest BCUT2D eigenvalue weighted by Gasteiger charge is -2.35. The molecule has 154 valence electrons. The lowest BCUT2D eigenvalue weighted by atomic mass is 9.89. The molecule has 3 N–H and O–H groups in total. The van der Waals surface area contributed by atoms with E-state index in [4.69, 9.17) is 17.3 Å². The monoisotopic (exact) mass is 413 g/mol. The third kappa shape index (κ3) is 5.10. The van der Waals surface area contributed by atoms with Crippen molar-refractivity contribution in [1.82, 2.24) is 10.2 Å². The van der Waals surface area contributed by atoms with Gasteiger partial charge in [-0.3, -0.25) is 9.59 Å². The van der Waals surface area contributed by atoms with Crippen molar-refractivity contribution in [1.29, 1.82) is 0 Å². The Hall–Kier alpha value is -2.53. The van der Waals surface area contributed by atoms with Crippen LogP contribution in [0.2, 0.25) is 5.02 Å².